The fourth-order valence-corrected chi connectivity index (χ4v) is 2.78. The topological polar surface area (TPSA) is 26.3 Å². The highest BCUT2D eigenvalue weighted by Gasteiger charge is 2.43. The fourth-order valence-electron chi connectivity index (χ4n) is 2.59. The van der Waals surface area contributed by atoms with Crippen LogP contribution in [0.2, 0.25) is 5.02 Å². The van der Waals surface area contributed by atoms with Crippen LogP contribution in [-0.4, -0.2) is 13.1 Å². The number of halogens is 1. The molecule has 1 aliphatic rings. The molecule has 2 nitrogen and oxygen atoms in total. The van der Waals surface area contributed by atoms with Crippen molar-refractivity contribution in [2.45, 2.75) is 19.3 Å². The average molecular weight is 251 g/mol. The van der Waals surface area contributed by atoms with Crippen molar-refractivity contribution in [3.8, 4) is 0 Å². The molecule has 2 rings (SSSR count). The highest BCUT2D eigenvalue weighted by molar-refractivity contribution is 6.30. The van der Waals surface area contributed by atoms with Crippen LogP contribution in [0.4, 0.5) is 0 Å². The van der Waals surface area contributed by atoms with Gasteiger partial charge in [0.15, 0.2) is 0 Å². The van der Waals surface area contributed by atoms with E-state index in [1.165, 1.54) is 12.7 Å². The number of hydrogen-bond acceptors (Lipinski definition) is 2. The number of hydrogen-bond donors (Lipinski definition) is 0. The largest absolute Gasteiger partial charge is 0.469 e. The zero-order valence-corrected chi connectivity index (χ0v) is 10.6. The molecular weight excluding hydrogens is 236 g/mol. The van der Waals surface area contributed by atoms with E-state index in [4.69, 9.17) is 16.3 Å². The van der Waals surface area contributed by atoms with Crippen LogP contribution < -0.4 is 0 Å². The summed E-state index contributed by atoms with van der Waals surface area (Å²) in [5, 5.41) is 0.711. The molecule has 0 saturated heterocycles. The Kier molecular flexibility index (Phi) is 3.25. The van der Waals surface area contributed by atoms with Crippen molar-refractivity contribution in [2.24, 2.45) is 5.41 Å². The van der Waals surface area contributed by atoms with Gasteiger partial charge < -0.3 is 4.74 Å². The first kappa shape index (κ1) is 12.2. The normalized spacial score (nSPS) is 22.0. The van der Waals surface area contributed by atoms with Crippen LogP contribution in [0, 0.1) is 5.41 Å². The number of methoxy groups -OCH3 is 1. The Bertz CT molecular complexity index is 467. The zero-order valence-electron chi connectivity index (χ0n) is 9.83. The maximum atomic E-state index is 12.0. The average Bonchev–Trinajstić information content (AvgIpc) is 2.67. The Labute approximate surface area is 106 Å². The van der Waals surface area contributed by atoms with Gasteiger partial charge in [0.2, 0.25) is 0 Å². The monoisotopic (exact) mass is 250 g/mol. The number of benzene rings is 1. The van der Waals surface area contributed by atoms with Crippen molar-refractivity contribution < 1.29 is 9.53 Å². The third kappa shape index (κ3) is 2.09. The summed E-state index contributed by atoms with van der Waals surface area (Å²) < 4.78 is 4.93. The van der Waals surface area contributed by atoms with Crippen molar-refractivity contribution in [1.29, 1.82) is 0 Å². The molecule has 1 unspecified atom stereocenters. The van der Waals surface area contributed by atoms with Crippen molar-refractivity contribution in [3.63, 3.8) is 0 Å². The third-order valence-electron chi connectivity index (χ3n) is 3.38. The molecule has 0 spiro atoms. The maximum Gasteiger partial charge on any atom is 0.312 e. The lowest BCUT2D eigenvalue weighted by Gasteiger charge is -2.24. The molecule has 0 aromatic heterocycles. The predicted octanol–water partition coefficient (Wildman–Crippen LogP) is 3.17. The first-order valence-electron chi connectivity index (χ1n) is 5.58. The summed E-state index contributed by atoms with van der Waals surface area (Å²) in [4.78, 5) is 12.0. The minimum absolute atomic E-state index is 0.162. The number of rotatable bonds is 3. The molecule has 1 aliphatic carbocycles. The van der Waals surface area contributed by atoms with Gasteiger partial charge in [-0.25, -0.2) is 0 Å². The molecule has 1 atom stereocenters. The smallest absolute Gasteiger partial charge is 0.312 e. The van der Waals surface area contributed by atoms with Gasteiger partial charge in [-0.2, -0.15) is 0 Å². The molecule has 0 fully saturated rings. The number of carbonyl (C=O) groups excluding carboxylic acids is 1. The lowest BCUT2D eigenvalue weighted by Crippen LogP contribution is -2.32. The van der Waals surface area contributed by atoms with E-state index in [-0.39, 0.29) is 5.97 Å². The number of allylic oxidation sites excluding steroid dienone is 1. The molecule has 17 heavy (non-hydrogen) atoms. The summed E-state index contributed by atoms with van der Waals surface area (Å²) in [6.07, 6.45) is 3.80. The molecule has 3 heteroatoms. The fraction of sp³-hybridized carbons (Fsp3) is 0.357. The van der Waals surface area contributed by atoms with E-state index >= 15 is 0 Å². The molecule has 0 amide bonds. The van der Waals surface area contributed by atoms with E-state index in [0.717, 1.165) is 5.56 Å². The van der Waals surface area contributed by atoms with Gasteiger partial charge >= 0.3 is 5.97 Å². The van der Waals surface area contributed by atoms with Crippen molar-refractivity contribution in [3.05, 3.63) is 47.0 Å². The molecule has 0 saturated carbocycles. The van der Waals surface area contributed by atoms with Crippen LogP contribution in [0.5, 0.6) is 0 Å². The van der Waals surface area contributed by atoms with E-state index in [0.29, 0.717) is 24.3 Å². The Morgan fingerprint density at radius 1 is 1.53 bits per heavy atom. The SMILES string of the molecule is C=CCC1(C(=O)OC)Cc2ccc(Cl)cc2C1. The van der Waals surface area contributed by atoms with Crippen LogP contribution in [0.25, 0.3) is 0 Å². The minimum Gasteiger partial charge on any atom is -0.469 e. The Hall–Kier alpha value is -1.28. The first-order chi connectivity index (χ1) is 8.11. The number of carbonyl (C=O) groups is 1. The quantitative estimate of drug-likeness (QED) is 0.608. The molecular formula is C14H15ClO2. The van der Waals surface area contributed by atoms with Gasteiger partial charge in [0.05, 0.1) is 12.5 Å². The van der Waals surface area contributed by atoms with Crippen LogP contribution in [0.1, 0.15) is 17.5 Å². The van der Waals surface area contributed by atoms with Gasteiger partial charge in [0.1, 0.15) is 0 Å². The summed E-state index contributed by atoms with van der Waals surface area (Å²) in [6.45, 7) is 3.73. The Balaban J connectivity index is 2.36. The number of esters is 1. The predicted molar refractivity (Wildman–Crippen MR) is 68.1 cm³/mol. The van der Waals surface area contributed by atoms with E-state index in [1.54, 1.807) is 6.08 Å². The molecule has 0 bridgehead atoms. The molecule has 0 radical (unpaired) electrons. The van der Waals surface area contributed by atoms with Gasteiger partial charge in [-0.05, 0) is 42.5 Å². The van der Waals surface area contributed by atoms with Gasteiger partial charge in [-0.3, -0.25) is 4.79 Å². The molecule has 0 heterocycles. The summed E-state index contributed by atoms with van der Waals surface area (Å²) >= 11 is 5.97. The maximum absolute atomic E-state index is 12.0. The van der Waals surface area contributed by atoms with Gasteiger partial charge in [0.25, 0.3) is 0 Å². The molecule has 1 aromatic rings. The number of fused-ring (bicyclic) bond motifs is 1. The molecule has 0 N–H and O–H groups in total. The van der Waals surface area contributed by atoms with Gasteiger partial charge in [-0.1, -0.05) is 23.7 Å². The van der Waals surface area contributed by atoms with Gasteiger partial charge in [0, 0.05) is 5.02 Å². The molecule has 1 aromatic carbocycles. The van der Waals surface area contributed by atoms with Gasteiger partial charge in [-0.15, -0.1) is 6.58 Å². The number of ether oxygens (including phenoxy) is 1. The van der Waals surface area contributed by atoms with E-state index < -0.39 is 5.41 Å². The van der Waals surface area contributed by atoms with E-state index in [9.17, 15) is 4.79 Å². The molecule has 90 valence electrons. The van der Waals surface area contributed by atoms with Crippen LogP contribution in [0.3, 0.4) is 0 Å². The van der Waals surface area contributed by atoms with Crippen molar-refractivity contribution >= 4 is 17.6 Å². The van der Waals surface area contributed by atoms with Crippen molar-refractivity contribution in [2.75, 3.05) is 7.11 Å². The summed E-state index contributed by atoms with van der Waals surface area (Å²) in [7, 11) is 1.43. The second kappa shape index (κ2) is 4.53. The van der Waals surface area contributed by atoms with Crippen LogP contribution in [-0.2, 0) is 22.4 Å². The summed E-state index contributed by atoms with van der Waals surface area (Å²) in [5.74, 6) is -0.162. The Morgan fingerprint density at radius 2 is 2.24 bits per heavy atom. The second-order valence-electron chi connectivity index (χ2n) is 4.53. The third-order valence-corrected chi connectivity index (χ3v) is 3.61. The highest BCUT2D eigenvalue weighted by atomic mass is 35.5. The standard InChI is InChI=1S/C14H15ClO2/c1-3-6-14(13(16)17-2)8-10-4-5-12(15)7-11(10)9-14/h3-5,7H,1,6,8-9H2,2H3. The second-order valence-corrected chi connectivity index (χ2v) is 4.97. The van der Waals surface area contributed by atoms with Crippen molar-refractivity contribution in [1.82, 2.24) is 0 Å². The molecule has 0 aliphatic heterocycles. The first-order valence-corrected chi connectivity index (χ1v) is 5.96. The zero-order chi connectivity index (χ0) is 12.5. The van der Waals surface area contributed by atoms with Crippen LogP contribution >= 0.6 is 11.6 Å². The van der Waals surface area contributed by atoms with E-state index in [2.05, 4.69) is 6.58 Å². The lowest BCUT2D eigenvalue weighted by atomic mass is 9.81. The van der Waals surface area contributed by atoms with Crippen LogP contribution in [0.15, 0.2) is 30.9 Å². The minimum atomic E-state index is -0.483. The summed E-state index contributed by atoms with van der Waals surface area (Å²) in [5.41, 5.74) is 1.84. The Morgan fingerprint density at radius 3 is 2.88 bits per heavy atom. The van der Waals surface area contributed by atoms with E-state index in [1.807, 2.05) is 18.2 Å². The highest BCUT2D eigenvalue weighted by Crippen LogP contribution is 2.41. The summed E-state index contributed by atoms with van der Waals surface area (Å²) in [6, 6.07) is 5.79. The lowest BCUT2D eigenvalue weighted by molar-refractivity contribution is -0.152.